The number of aromatic nitrogens is 2. The van der Waals surface area contributed by atoms with Gasteiger partial charge in [-0.3, -0.25) is 4.79 Å². The van der Waals surface area contributed by atoms with Crippen LogP contribution in [0.4, 0.5) is 0 Å². The molecule has 1 aliphatic carbocycles. The van der Waals surface area contributed by atoms with Crippen molar-refractivity contribution in [2.45, 2.75) is 19.3 Å². The smallest absolute Gasteiger partial charge is 0.253 e. The molecule has 1 saturated carbocycles. The van der Waals surface area contributed by atoms with Gasteiger partial charge in [-0.05, 0) is 34.8 Å². The van der Waals surface area contributed by atoms with Crippen LogP contribution in [0.3, 0.4) is 0 Å². The second-order valence-electron chi connectivity index (χ2n) is 5.45. The second kappa shape index (κ2) is 5.18. The average molecular weight is 338 g/mol. The summed E-state index contributed by atoms with van der Waals surface area (Å²) in [5, 5.41) is 13.1. The molecule has 0 unspecified atom stereocenters. The molecule has 3 rings (SSSR count). The van der Waals surface area contributed by atoms with Crippen LogP contribution >= 0.6 is 15.9 Å². The van der Waals surface area contributed by atoms with Gasteiger partial charge in [0.1, 0.15) is 5.65 Å². The maximum absolute atomic E-state index is 12.3. The van der Waals surface area contributed by atoms with Crippen molar-refractivity contribution in [3.63, 3.8) is 0 Å². The van der Waals surface area contributed by atoms with Crippen molar-refractivity contribution >= 4 is 32.9 Å². The standard InChI is InChI=1S/C14H16BrN3O2/c15-9-4-10-11(6-17-12(10)16-5-9)13(20)18-7-14(8-19)2-1-3-14/h4-6,19H,1-3,7-8H2,(H,16,17)(H,18,20). The van der Waals surface area contributed by atoms with Crippen LogP contribution in [0, 0.1) is 5.41 Å². The Morgan fingerprint density at radius 2 is 2.35 bits per heavy atom. The first-order valence-electron chi connectivity index (χ1n) is 6.65. The predicted molar refractivity (Wildman–Crippen MR) is 79.5 cm³/mol. The van der Waals surface area contributed by atoms with Crippen LogP contribution in [0.1, 0.15) is 29.6 Å². The van der Waals surface area contributed by atoms with Gasteiger partial charge >= 0.3 is 0 Å². The molecular formula is C14H16BrN3O2. The third-order valence-electron chi connectivity index (χ3n) is 4.12. The molecule has 0 radical (unpaired) electrons. The van der Waals surface area contributed by atoms with Crippen LogP contribution in [-0.4, -0.2) is 34.1 Å². The van der Waals surface area contributed by atoms with Crippen molar-refractivity contribution in [3.05, 3.63) is 28.5 Å². The first kappa shape index (κ1) is 13.6. The largest absolute Gasteiger partial charge is 0.396 e. The van der Waals surface area contributed by atoms with Crippen LogP contribution in [0.25, 0.3) is 11.0 Å². The molecule has 1 aliphatic rings. The van der Waals surface area contributed by atoms with Crippen molar-refractivity contribution in [1.29, 1.82) is 0 Å². The van der Waals surface area contributed by atoms with E-state index in [1.165, 1.54) is 0 Å². The Morgan fingerprint density at radius 1 is 1.55 bits per heavy atom. The number of halogens is 1. The first-order chi connectivity index (χ1) is 9.63. The number of carbonyl (C=O) groups is 1. The molecule has 0 saturated heterocycles. The highest BCUT2D eigenvalue weighted by molar-refractivity contribution is 9.10. The van der Waals surface area contributed by atoms with Gasteiger partial charge in [0.25, 0.3) is 5.91 Å². The number of aromatic amines is 1. The van der Waals surface area contributed by atoms with Crippen molar-refractivity contribution < 1.29 is 9.90 Å². The molecule has 1 fully saturated rings. The highest BCUT2D eigenvalue weighted by Gasteiger charge is 2.36. The van der Waals surface area contributed by atoms with Gasteiger partial charge in [-0.25, -0.2) is 4.98 Å². The molecule has 0 bridgehead atoms. The summed E-state index contributed by atoms with van der Waals surface area (Å²) >= 11 is 3.36. The van der Waals surface area contributed by atoms with Crippen molar-refractivity contribution in [2.24, 2.45) is 5.41 Å². The number of rotatable bonds is 4. The summed E-state index contributed by atoms with van der Waals surface area (Å²) in [6.45, 7) is 0.657. The number of amides is 1. The van der Waals surface area contributed by atoms with Gasteiger partial charge in [-0.1, -0.05) is 6.42 Å². The number of aliphatic hydroxyl groups is 1. The molecule has 2 aromatic heterocycles. The fourth-order valence-electron chi connectivity index (χ4n) is 2.60. The number of pyridine rings is 1. The lowest BCUT2D eigenvalue weighted by molar-refractivity contribution is 0.0429. The van der Waals surface area contributed by atoms with Gasteiger partial charge in [-0.15, -0.1) is 0 Å². The minimum absolute atomic E-state index is 0.111. The summed E-state index contributed by atoms with van der Waals surface area (Å²) in [5.41, 5.74) is 1.17. The Bertz CT molecular complexity index is 643. The highest BCUT2D eigenvalue weighted by Crippen LogP contribution is 2.39. The molecule has 5 nitrogen and oxygen atoms in total. The van der Waals surface area contributed by atoms with Crippen LogP contribution in [0.5, 0.6) is 0 Å². The Kier molecular flexibility index (Phi) is 3.52. The second-order valence-corrected chi connectivity index (χ2v) is 6.36. The van der Waals surface area contributed by atoms with E-state index in [0.29, 0.717) is 17.8 Å². The van der Waals surface area contributed by atoms with E-state index in [2.05, 4.69) is 31.2 Å². The Balaban J connectivity index is 1.77. The number of H-pyrrole nitrogens is 1. The SMILES string of the molecule is O=C(NCC1(CO)CCC1)c1c[nH]c2ncc(Br)cc12. The zero-order chi connectivity index (χ0) is 14.2. The number of hydrogen-bond donors (Lipinski definition) is 3. The predicted octanol–water partition coefficient (Wildman–Crippen LogP) is 2.22. The lowest BCUT2D eigenvalue weighted by Crippen LogP contribution is -2.44. The molecule has 0 atom stereocenters. The molecule has 0 aromatic carbocycles. The van der Waals surface area contributed by atoms with Gasteiger partial charge in [0.15, 0.2) is 0 Å². The molecule has 20 heavy (non-hydrogen) atoms. The lowest BCUT2D eigenvalue weighted by Gasteiger charge is -2.40. The topological polar surface area (TPSA) is 78.0 Å². The third-order valence-corrected chi connectivity index (χ3v) is 4.55. The molecule has 6 heteroatoms. The van der Waals surface area contributed by atoms with Crippen molar-refractivity contribution in [2.75, 3.05) is 13.2 Å². The summed E-state index contributed by atoms with van der Waals surface area (Å²) in [5.74, 6) is -0.129. The van der Waals surface area contributed by atoms with E-state index in [1.807, 2.05) is 6.07 Å². The van der Waals surface area contributed by atoms with E-state index >= 15 is 0 Å². The fourth-order valence-corrected chi connectivity index (χ4v) is 2.93. The molecule has 2 heterocycles. The first-order valence-corrected chi connectivity index (χ1v) is 7.45. The molecule has 0 spiro atoms. The average Bonchev–Trinajstić information content (AvgIpc) is 2.80. The molecule has 3 N–H and O–H groups in total. The molecule has 2 aromatic rings. The van der Waals surface area contributed by atoms with E-state index in [1.54, 1.807) is 12.4 Å². The zero-order valence-corrected chi connectivity index (χ0v) is 12.5. The Morgan fingerprint density at radius 3 is 3.00 bits per heavy atom. The lowest BCUT2D eigenvalue weighted by atomic mass is 9.69. The van der Waals surface area contributed by atoms with Crippen LogP contribution in [-0.2, 0) is 0 Å². The monoisotopic (exact) mass is 337 g/mol. The van der Waals surface area contributed by atoms with E-state index in [4.69, 9.17) is 0 Å². The summed E-state index contributed by atoms with van der Waals surface area (Å²) in [4.78, 5) is 19.5. The normalized spacial score (nSPS) is 16.9. The van der Waals surface area contributed by atoms with Crippen LogP contribution in [0.15, 0.2) is 22.9 Å². The van der Waals surface area contributed by atoms with Crippen LogP contribution < -0.4 is 5.32 Å². The maximum Gasteiger partial charge on any atom is 0.253 e. The van der Waals surface area contributed by atoms with E-state index in [-0.39, 0.29) is 17.9 Å². The van der Waals surface area contributed by atoms with E-state index in [0.717, 1.165) is 29.1 Å². The summed E-state index contributed by atoms with van der Waals surface area (Å²) in [6, 6.07) is 1.87. The summed E-state index contributed by atoms with van der Waals surface area (Å²) < 4.78 is 0.837. The molecule has 0 aliphatic heterocycles. The fraction of sp³-hybridized carbons (Fsp3) is 0.429. The zero-order valence-electron chi connectivity index (χ0n) is 10.9. The Labute approximate surface area is 124 Å². The molecule has 106 valence electrons. The van der Waals surface area contributed by atoms with Gasteiger partial charge in [-0.2, -0.15) is 0 Å². The van der Waals surface area contributed by atoms with Gasteiger partial charge in [0, 0.05) is 34.2 Å². The quantitative estimate of drug-likeness (QED) is 0.800. The number of hydrogen-bond acceptors (Lipinski definition) is 3. The minimum Gasteiger partial charge on any atom is -0.396 e. The number of carbonyl (C=O) groups excluding carboxylic acids is 1. The number of nitrogens with zero attached hydrogens (tertiary/aromatic N) is 1. The highest BCUT2D eigenvalue weighted by atomic mass is 79.9. The van der Waals surface area contributed by atoms with Crippen molar-refractivity contribution in [1.82, 2.24) is 15.3 Å². The summed E-state index contributed by atoms with van der Waals surface area (Å²) in [6.07, 6.45) is 6.44. The van der Waals surface area contributed by atoms with Crippen LogP contribution in [0.2, 0.25) is 0 Å². The maximum atomic E-state index is 12.3. The number of fused-ring (bicyclic) bond motifs is 1. The van der Waals surface area contributed by atoms with Gasteiger partial charge in [0.2, 0.25) is 0 Å². The van der Waals surface area contributed by atoms with E-state index in [9.17, 15) is 9.90 Å². The molecule has 1 amide bonds. The minimum atomic E-state index is -0.129. The van der Waals surface area contributed by atoms with E-state index < -0.39 is 0 Å². The van der Waals surface area contributed by atoms with Gasteiger partial charge < -0.3 is 15.4 Å². The number of aliphatic hydroxyl groups excluding tert-OH is 1. The molecular weight excluding hydrogens is 322 g/mol. The number of nitrogens with one attached hydrogen (secondary N) is 2. The third kappa shape index (κ3) is 2.33. The van der Waals surface area contributed by atoms with Crippen molar-refractivity contribution in [3.8, 4) is 0 Å². The Hall–Kier alpha value is -1.40. The van der Waals surface area contributed by atoms with Gasteiger partial charge in [0.05, 0.1) is 12.2 Å². The summed E-state index contributed by atoms with van der Waals surface area (Å²) in [7, 11) is 0.